The lowest BCUT2D eigenvalue weighted by atomic mass is 9.98. The van der Waals surface area contributed by atoms with Crippen molar-refractivity contribution < 1.29 is 32.3 Å². The van der Waals surface area contributed by atoms with Crippen molar-refractivity contribution in [1.29, 1.82) is 0 Å². The van der Waals surface area contributed by atoms with Crippen LogP contribution in [0.2, 0.25) is 0 Å². The fourth-order valence-electron chi connectivity index (χ4n) is 5.15. The number of primary amides is 1. The van der Waals surface area contributed by atoms with Gasteiger partial charge in [-0.25, -0.2) is 10.8 Å². The third kappa shape index (κ3) is 6.43. The number of carbonyl (C=O) groups is 3. The highest BCUT2D eigenvalue weighted by molar-refractivity contribution is 6.04. The predicted octanol–water partition coefficient (Wildman–Crippen LogP) is 2.44. The molecule has 1 aromatic heterocycles. The number of amides is 3. The van der Waals surface area contributed by atoms with E-state index in [1.54, 1.807) is 48.3 Å². The van der Waals surface area contributed by atoms with E-state index in [0.29, 0.717) is 53.7 Å². The summed E-state index contributed by atoms with van der Waals surface area (Å²) in [6, 6.07) is 8.92. The molecule has 2 atom stereocenters. The van der Waals surface area contributed by atoms with Gasteiger partial charge in [0.2, 0.25) is 5.91 Å². The van der Waals surface area contributed by atoms with Gasteiger partial charge in [0.25, 0.3) is 11.8 Å². The quantitative estimate of drug-likeness (QED) is 0.338. The molecule has 1 unspecified atom stereocenters. The van der Waals surface area contributed by atoms with Crippen LogP contribution in [0.3, 0.4) is 0 Å². The highest BCUT2D eigenvalue weighted by Crippen LogP contribution is 2.37. The van der Waals surface area contributed by atoms with Crippen molar-refractivity contribution in [3.05, 3.63) is 71.6 Å². The number of nitrogens with zero attached hydrogens (tertiary/aromatic N) is 4. The van der Waals surface area contributed by atoms with Crippen LogP contribution in [0, 0.1) is 0 Å². The fourth-order valence-corrected chi connectivity index (χ4v) is 5.15. The van der Waals surface area contributed by atoms with Gasteiger partial charge >= 0.3 is 6.18 Å². The minimum atomic E-state index is -4.63. The number of benzene rings is 1. The molecule has 5 N–H and O–H groups in total. The third-order valence-corrected chi connectivity index (χ3v) is 6.97. The van der Waals surface area contributed by atoms with Crippen LogP contribution < -0.4 is 21.6 Å². The Labute approximate surface area is 234 Å². The topological polar surface area (TPSA) is 147 Å². The Hall–Kier alpha value is -4.59. The Morgan fingerprint density at radius 2 is 1.85 bits per heavy atom. The molecular formula is C27H30F3N7O4. The number of hydrogen-bond donors (Lipinski definition) is 3. The smallest absolute Gasteiger partial charge is 0.409 e. The highest BCUT2D eigenvalue weighted by atomic mass is 19.4. The summed E-state index contributed by atoms with van der Waals surface area (Å²) in [7, 11) is 3.16. The van der Waals surface area contributed by atoms with Gasteiger partial charge in [-0.15, -0.1) is 0 Å². The number of rotatable bonds is 7. The lowest BCUT2D eigenvalue weighted by Crippen LogP contribution is -2.59. The van der Waals surface area contributed by atoms with Gasteiger partial charge in [-0.2, -0.15) is 13.2 Å². The third-order valence-electron chi connectivity index (χ3n) is 6.97. The number of likely N-dealkylation sites (tertiary alicyclic amines) is 1. The van der Waals surface area contributed by atoms with Crippen LogP contribution in [0.4, 0.5) is 19.0 Å². The zero-order valence-electron chi connectivity index (χ0n) is 22.4. The number of hydrogen-bond acceptors (Lipinski definition) is 8. The number of aromatic nitrogens is 1. The van der Waals surface area contributed by atoms with Gasteiger partial charge in [0.15, 0.2) is 0 Å². The standard InChI is InChI=1S/C27H30F3N7O4/c1-35-22(16-6-8-17(9-7-16)25(40)34-20-15-18(41-2)11-13-33-20)23(24(31)39)37(32)26(35)19-5-3-4-14-36(19)21(38)10-12-27(28,29)30/h6-13,15,19,26H,3-5,14,32H2,1-2H3,(H2,31,39)(H,33,34,40)/b12-10+/t19-,26?/m0/s1. The second-order valence-corrected chi connectivity index (χ2v) is 9.58. The van der Waals surface area contributed by atoms with Crippen LogP contribution in [0.1, 0.15) is 35.2 Å². The summed E-state index contributed by atoms with van der Waals surface area (Å²) in [6.45, 7) is 0.233. The molecule has 0 spiro atoms. The van der Waals surface area contributed by atoms with Crippen molar-refractivity contribution in [3.63, 3.8) is 0 Å². The lowest BCUT2D eigenvalue weighted by Gasteiger charge is -2.44. The van der Waals surface area contributed by atoms with Gasteiger partial charge in [0.05, 0.1) is 18.8 Å². The van der Waals surface area contributed by atoms with E-state index in [2.05, 4.69) is 10.3 Å². The highest BCUT2D eigenvalue weighted by Gasteiger charge is 2.45. The first-order valence-electron chi connectivity index (χ1n) is 12.7. The maximum absolute atomic E-state index is 12.8. The number of ether oxygens (including phenoxy) is 1. The molecule has 3 amide bonds. The molecule has 41 heavy (non-hydrogen) atoms. The monoisotopic (exact) mass is 573 g/mol. The van der Waals surface area contributed by atoms with Crippen LogP contribution in [0.5, 0.6) is 5.75 Å². The number of pyridine rings is 1. The van der Waals surface area contributed by atoms with Crippen molar-refractivity contribution in [2.45, 2.75) is 37.6 Å². The van der Waals surface area contributed by atoms with Gasteiger partial charge < -0.3 is 25.6 Å². The zero-order valence-corrected chi connectivity index (χ0v) is 22.4. The van der Waals surface area contributed by atoms with E-state index in [1.807, 2.05) is 0 Å². The van der Waals surface area contributed by atoms with Crippen molar-refractivity contribution in [1.82, 2.24) is 19.8 Å². The molecular weight excluding hydrogens is 543 g/mol. The molecule has 0 saturated carbocycles. The Morgan fingerprint density at radius 1 is 1.15 bits per heavy atom. The van der Waals surface area contributed by atoms with Gasteiger partial charge in [-0.3, -0.25) is 19.4 Å². The summed E-state index contributed by atoms with van der Waals surface area (Å²) in [5.41, 5.74) is 6.85. The molecule has 14 heteroatoms. The van der Waals surface area contributed by atoms with E-state index in [0.717, 1.165) is 5.01 Å². The largest absolute Gasteiger partial charge is 0.497 e. The number of allylic oxidation sites excluding steroid dienone is 1. The molecule has 0 radical (unpaired) electrons. The Balaban J connectivity index is 1.59. The number of likely N-dealkylation sites (N-methyl/N-ethyl adjacent to an activating group) is 1. The second-order valence-electron chi connectivity index (χ2n) is 9.58. The Bertz CT molecular complexity index is 1380. The number of piperidine rings is 1. The number of carbonyl (C=O) groups excluding carboxylic acids is 3. The first-order chi connectivity index (χ1) is 19.4. The van der Waals surface area contributed by atoms with E-state index < -0.39 is 36.1 Å². The molecule has 2 aliphatic heterocycles. The first-order valence-corrected chi connectivity index (χ1v) is 12.7. The normalized spacial score (nSPS) is 19.6. The molecule has 218 valence electrons. The van der Waals surface area contributed by atoms with Crippen LogP contribution in [0.15, 0.2) is 60.4 Å². The van der Waals surface area contributed by atoms with E-state index in [1.165, 1.54) is 18.2 Å². The molecule has 2 aromatic rings. The minimum Gasteiger partial charge on any atom is -0.497 e. The predicted molar refractivity (Wildman–Crippen MR) is 143 cm³/mol. The average molecular weight is 574 g/mol. The Kier molecular flexibility index (Phi) is 8.52. The summed E-state index contributed by atoms with van der Waals surface area (Å²) in [4.78, 5) is 45.2. The van der Waals surface area contributed by atoms with Crippen LogP contribution >= 0.6 is 0 Å². The minimum absolute atomic E-state index is 0.0286. The molecule has 0 aliphatic carbocycles. The SMILES string of the molecule is COc1ccnc(NC(=O)c2ccc(C3=C(C(N)=O)N(N)C([C@@H]4CCCCN4C(=O)/C=C/C(F)(F)F)N3C)cc2)c1. The maximum atomic E-state index is 12.8. The molecule has 2 aliphatic rings. The van der Waals surface area contributed by atoms with Crippen molar-refractivity contribution in [3.8, 4) is 5.75 Å². The number of methoxy groups -OCH3 is 1. The lowest BCUT2D eigenvalue weighted by molar-refractivity contribution is -0.133. The number of hydrazine groups is 1. The summed E-state index contributed by atoms with van der Waals surface area (Å²) in [6.07, 6.45) is -1.74. The molecule has 3 heterocycles. The van der Waals surface area contributed by atoms with E-state index >= 15 is 0 Å². The van der Waals surface area contributed by atoms with E-state index in [9.17, 15) is 27.6 Å². The number of nitrogens with one attached hydrogen (secondary N) is 1. The molecule has 4 rings (SSSR count). The van der Waals surface area contributed by atoms with Gasteiger partial charge in [0, 0.05) is 49.1 Å². The average Bonchev–Trinajstić information content (AvgIpc) is 3.21. The van der Waals surface area contributed by atoms with Gasteiger partial charge in [-0.05, 0) is 37.5 Å². The molecule has 1 aromatic carbocycles. The van der Waals surface area contributed by atoms with Crippen LogP contribution in [-0.2, 0) is 9.59 Å². The number of nitrogens with two attached hydrogens (primary N) is 2. The van der Waals surface area contributed by atoms with Crippen molar-refractivity contribution >= 4 is 29.2 Å². The molecule has 1 saturated heterocycles. The van der Waals surface area contributed by atoms with Gasteiger partial charge in [0.1, 0.15) is 23.4 Å². The number of anilines is 1. The van der Waals surface area contributed by atoms with Crippen molar-refractivity contribution in [2.24, 2.45) is 11.6 Å². The molecule has 1 fully saturated rings. The zero-order chi connectivity index (χ0) is 29.9. The first kappa shape index (κ1) is 29.4. The number of halogens is 3. The van der Waals surface area contributed by atoms with Crippen LogP contribution in [-0.4, -0.2) is 76.6 Å². The Morgan fingerprint density at radius 3 is 2.49 bits per heavy atom. The summed E-state index contributed by atoms with van der Waals surface area (Å²) < 4.78 is 43.3. The fraction of sp³-hybridized carbons (Fsp3) is 0.333. The van der Waals surface area contributed by atoms with Gasteiger partial charge in [-0.1, -0.05) is 12.1 Å². The van der Waals surface area contributed by atoms with E-state index in [4.69, 9.17) is 16.3 Å². The number of alkyl halides is 3. The van der Waals surface area contributed by atoms with E-state index in [-0.39, 0.29) is 18.3 Å². The summed E-state index contributed by atoms with van der Waals surface area (Å²) in [5, 5.41) is 3.84. The summed E-state index contributed by atoms with van der Waals surface area (Å²) in [5.74, 6) is 5.15. The molecule has 0 bridgehead atoms. The van der Waals surface area contributed by atoms with Crippen LogP contribution in [0.25, 0.3) is 5.70 Å². The molecule has 11 nitrogen and oxygen atoms in total. The maximum Gasteiger partial charge on any atom is 0.409 e. The summed E-state index contributed by atoms with van der Waals surface area (Å²) >= 11 is 0. The second kappa shape index (κ2) is 11.9. The van der Waals surface area contributed by atoms with Crippen molar-refractivity contribution in [2.75, 3.05) is 26.0 Å².